The van der Waals surface area contributed by atoms with Crippen molar-refractivity contribution in [3.63, 3.8) is 0 Å². The third-order valence-electron chi connectivity index (χ3n) is 24.8. The quantitative estimate of drug-likeness (QED) is 0.106. The van der Waals surface area contributed by atoms with Gasteiger partial charge in [-0.1, -0.05) is 170 Å². The van der Waals surface area contributed by atoms with Crippen LogP contribution in [0.4, 0.5) is 8.78 Å². The standard InChI is InChI=1S/C24H27FN2O2.C24H28O2.C22H24FN3O2.C22H25N3O2/c1-13-9-16-17(24(5,6)8-7-23(16,3)4)11-20(13)27-14(2)26-19-10-15(22(28)29)18(25)12-21(19)27;1-15-13-20-21(24(5,6)12-11-23(20,3)4)14-19(15)16(2)17-7-9-18(10-8-17)22(25)26;1-12-8-14-15(22(4,5)7-6-21(14,2)3)10-18(12)26-19-11-16(23)13(20(27)28)9-17(19)24-25-26;1-13-10-15-16(22(4,5)9-8-21(15,2)3)12-19(13)25-18-7-6-14(20(26)27)11-17(18)23-24-25/h9-12H,7-8H2,1-6H3,(H,28,29);7-10,13-14H,2,11-12H2,1,3-6H3,(H,25,26);8-11H,6-7H2,1-5H3,(H,27,28);6-7,10-12H,8-9H2,1-5H3,(H,26,27). The molecule has 16 nitrogen and oxygen atoms in total. The predicted molar refractivity (Wildman–Crippen MR) is 432 cm³/mol. The molecule has 3 heterocycles. The second kappa shape index (κ2) is 27.8. The Labute approximate surface area is 643 Å². The molecule has 8 aromatic carbocycles. The molecular weight excluding hydrogens is 1380 g/mol. The van der Waals surface area contributed by atoms with Crippen LogP contribution in [0.25, 0.3) is 55.7 Å². The Morgan fingerprint density at radius 1 is 0.345 bits per heavy atom. The molecule has 4 aliphatic rings. The monoisotopic (exact) mass is 1490 g/mol. The molecule has 0 amide bonds. The highest BCUT2D eigenvalue weighted by Gasteiger charge is 2.42. The van der Waals surface area contributed by atoms with Crippen molar-refractivity contribution in [3.8, 4) is 17.1 Å². The molecule has 0 bridgehead atoms. The summed E-state index contributed by atoms with van der Waals surface area (Å²) >= 11 is 0. The van der Waals surface area contributed by atoms with Crippen LogP contribution in [0.2, 0.25) is 0 Å². The molecule has 0 spiro atoms. The highest BCUT2D eigenvalue weighted by molar-refractivity contribution is 5.95. The van der Waals surface area contributed by atoms with Crippen molar-refractivity contribution in [1.29, 1.82) is 0 Å². The number of hydrogen-bond acceptors (Lipinski definition) is 9. The zero-order valence-electron chi connectivity index (χ0n) is 67.6. The van der Waals surface area contributed by atoms with E-state index in [1.807, 2.05) is 35.2 Å². The van der Waals surface area contributed by atoms with Gasteiger partial charge in [0.05, 0.1) is 61.4 Å². The van der Waals surface area contributed by atoms with Crippen LogP contribution in [0.15, 0.2) is 122 Å². The van der Waals surface area contributed by atoms with Gasteiger partial charge in [-0.25, -0.2) is 42.3 Å². The number of hydrogen-bond donors (Lipinski definition) is 4. The molecule has 0 saturated carbocycles. The van der Waals surface area contributed by atoms with Gasteiger partial charge in [0.15, 0.2) is 0 Å². The zero-order chi connectivity index (χ0) is 80.6. The van der Waals surface area contributed by atoms with Crippen LogP contribution in [0.5, 0.6) is 0 Å². The molecule has 3 aromatic heterocycles. The van der Waals surface area contributed by atoms with Gasteiger partial charge in [-0.3, -0.25) is 4.57 Å². The zero-order valence-corrected chi connectivity index (χ0v) is 67.6. The lowest BCUT2D eigenvalue weighted by Gasteiger charge is -2.42. The van der Waals surface area contributed by atoms with Gasteiger partial charge in [-0.15, -0.1) is 10.2 Å². The highest BCUT2D eigenvalue weighted by atomic mass is 19.1. The van der Waals surface area contributed by atoms with E-state index in [9.17, 15) is 38.2 Å². The molecular formula is C92H104F2N8O8. The summed E-state index contributed by atoms with van der Waals surface area (Å²) in [6.07, 6.45) is 9.16. The topological polar surface area (TPSA) is 228 Å². The molecule has 0 aliphatic heterocycles. The van der Waals surface area contributed by atoms with Crippen LogP contribution in [-0.2, 0) is 43.3 Å². The van der Waals surface area contributed by atoms with E-state index in [-0.39, 0.29) is 54.4 Å². The van der Waals surface area contributed by atoms with Crippen LogP contribution in [0, 0.1) is 46.3 Å². The van der Waals surface area contributed by atoms with E-state index in [2.05, 4.69) is 212 Å². The van der Waals surface area contributed by atoms with E-state index in [0.717, 1.165) is 88.1 Å². The van der Waals surface area contributed by atoms with E-state index in [1.165, 1.54) is 93.6 Å². The van der Waals surface area contributed by atoms with Crippen molar-refractivity contribution in [2.24, 2.45) is 0 Å². The number of carbonyl (C=O) groups is 4. The number of halogens is 2. The van der Waals surface area contributed by atoms with Gasteiger partial charge in [0.25, 0.3) is 0 Å². The molecule has 11 aromatic rings. The van der Waals surface area contributed by atoms with Gasteiger partial charge in [0.2, 0.25) is 0 Å². The molecule has 0 saturated heterocycles. The number of fused-ring (bicyclic) bond motifs is 7. The van der Waals surface area contributed by atoms with E-state index in [4.69, 9.17) is 10.2 Å². The second-order valence-electron chi connectivity index (χ2n) is 36.5. The Hall–Kier alpha value is -10.5. The largest absolute Gasteiger partial charge is 0.478 e. The summed E-state index contributed by atoms with van der Waals surface area (Å²) < 4.78 is 34.1. The molecule has 0 radical (unpaired) electrons. The molecule has 0 unspecified atom stereocenters. The maximum Gasteiger partial charge on any atom is 0.338 e. The Morgan fingerprint density at radius 3 is 1.06 bits per heavy atom. The van der Waals surface area contributed by atoms with E-state index >= 15 is 0 Å². The fraction of sp³-hybridized carbons (Fsp3) is 0.402. The minimum absolute atomic E-state index is 0.0332. The fourth-order valence-electron chi connectivity index (χ4n) is 17.1. The summed E-state index contributed by atoms with van der Waals surface area (Å²) in [5, 5.41) is 53.5. The molecule has 574 valence electrons. The van der Waals surface area contributed by atoms with Gasteiger partial charge in [-0.2, -0.15) is 0 Å². The van der Waals surface area contributed by atoms with Crippen LogP contribution >= 0.6 is 0 Å². The molecule has 0 atom stereocenters. The van der Waals surface area contributed by atoms with Crippen molar-refractivity contribution >= 4 is 62.6 Å². The van der Waals surface area contributed by atoms with Gasteiger partial charge < -0.3 is 20.4 Å². The van der Waals surface area contributed by atoms with Crippen molar-refractivity contribution in [2.45, 2.75) is 240 Å². The number of carboxylic acid groups (broad SMARTS) is 4. The normalized spacial score (nSPS) is 17.5. The molecule has 0 fully saturated rings. The van der Waals surface area contributed by atoms with Crippen LogP contribution in [0.3, 0.4) is 0 Å². The smallest absolute Gasteiger partial charge is 0.338 e. The Balaban J connectivity index is 0.000000137. The van der Waals surface area contributed by atoms with Crippen molar-refractivity contribution in [2.75, 3.05) is 0 Å². The minimum Gasteiger partial charge on any atom is -0.478 e. The molecule has 15 rings (SSSR count). The highest BCUT2D eigenvalue weighted by Crippen LogP contribution is 2.52. The summed E-state index contributed by atoms with van der Waals surface area (Å²) in [6, 6.07) is 35.0. The third kappa shape index (κ3) is 14.5. The lowest BCUT2D eigenvalue weighted by Crippen LogP contribution is -2.34. The number of aromatic carboxylic acids is 4. The van der Waals surface area contributed by atoms with E-state index < -0.39 is 41.1 Å². The predicted octanol–water partition coefficient (Wildman–Crippen LogP) is 21.6. The van der Waals surface area contributed by atoms with Crippen LogP contribution in [0.1, 0.15) is 287 Å². The summed E-state index contributed by atoms with van der Waals surface area (Å²) in [5.41, 5.74) is 25.3. The fourth-order valence-corrected chi connectivity index (χ4v) is 17.1. The minimum atomic E-state index is -1.32. The first-order valence-electron chi connectivity index (χ1n) is 38.0. The average molecular weight is 1490 g/mol. The van der Waals surface area contributed by atoms with Crippen molar-refractivity contribution < 1.29 is 48.4 Å². The molecule has 110 heavy (non-hydrogen) atoms. The van der Waals surface area contributed by atoms with Crippen molar-refractivity contribution in [1.82, 2.24) is 39.5 Å². The van der Waals surface area contributed by atoms with Gasteiger partial charge >= 0.3 is 23.9 Å². The van der Waals surface area contributed by atoms with Crippen LogP contribution < -0.4 is 0 Å². The lowest BCUT2D eigenvalue weighted by atomic mass is 9.62. The number of nitrogens with zero attached hydrogens (tertiary/aromatic N) is 8. The Bertz CT molecular complexity index is 5640. The number of carboxylic acids is 4. The maximum absolute atomic E-state index is 14.5. The van der Waals surface area contributed by atoms with E-state index in [0.29, 0.717) is 39.0 Å². The lowest BCUT2D eigenvalue weighted by molar-refractivity contribution is 0.0681. The van der Waals surface area contributed by atoms with Gasteiger partial charge in [0, 0.05) is 12.1 Å². The van der Waals surface area contributed by atoms with Crippen molar-refractivity contribution in [3.05, 3.63) is 239 Å². The number of benzene rings is 8. The summed E-state index contributed by atoms with van der Waals surface area (Å²) in [5.74, 6) is -5.30. The summed E-state index contributed by atoms with van der Waals surface area (Å²) in [4.78, 5) is 49.3. The SMILES string of the molecule is C=C(c1ccc(C(=O)O)cc1)c1cc2c(cc1C)C(C)(C)CCC2(C)C.Cc1cc2c(cc1-n1c(C)nc3cc(C(=O)O)c(F)cc31)C(C)(C)CCC2(C)C.Cc1cc2c(cc1-n1nnc3cc(C(=O)O)c(F)cc31)C(C)(C)CCC2(C)C.Cc1cc2c(cc1-n1nnc3cc(C(=O)O)ccc31)C(C)(C)CCC2(C)C. The van der Waals surface area contributed by atoms with Gasteiger partial charge in [-0.05, 0) is 273 Å². The second-order valence-corrected chi connectivity index (χ2v) is 36.5. The maximum atomic E-state index is 14.5. The number of aryl methyl sites for hydroxylation is 5. The average Bonchev–Trinajstić information content (AvgIpc) is 1.13. The Morgan fingerprint density at radius 2 is 0.664 bits per heavy atom. The number of imidazole rings is 1. The first kappa shape index (κ1) is 79.1. The number of aromatic nitrogens is 8. The summed E-state index contributed by atoms with van der Waals surface area (Å²) in [7, 11) is 0. The first-order valence-corrected chi connectivity index (χ1v) is 38.0. The van der Waals surface area contributed by atoms with Gasteiger partial charge in [0.1, 0.15) is 28.5 Å². The number of rotatable bonds is 9. The van der Waals surface area contributed by atoms with Crippen LogP contribution in [-0.4, -0.2) is 83.8 Å². The molecule has 18 heteroatoms. The Kier molecular flexibility index (Phi) is 20.0. The third-order valence-corrected chi connectivity index (χ3v) is 24.8. The summed E-state index contributed by atoms with van der Waals surface area (Å²) in [6.45, 7) is 51.3. The van der Waals surface area contributed by atoms with E-state index in [1.54, 1.807) is 35.0 Å². The molecule has 4 N–H and O–H groups in total. The molecule has 4 aliphatic carbocycles. The first-order chi connectivity index (χ1) is 51.1.